The van der Waals surface area contributed by atoms with E-state index in [1.165, 1.54) is 0 Å². The van der Waals surface area contributed by atoms with Gasteiger partial charge in [0.1, 0.15) is 0 Å². The molecule has 1 aromatic heterocycles. The number of hydrogen-bond acceptors (Lipinski definition) is 3. The van der Waals surface area contributed by atoms with E-state index in [9.17, 15) is 4.79 Å². The van der Waals surface area contributed by atoms with Gasteiger partial charge >= 0.3 is 0 Å². The van der Waals surface area contributed by atoms with E-state index in [0.29, 0.717) is 15.6 Å². The molecule has 0 saturated heterocycles. The lowest BCUT2D eigenvalue weighted by atomic mass is 10.2. The van der Waals surface area contributed by atoms with Crippen LogP contribution in [0.4, 0.5) is 0 Å². The summed E-state index contributed by atoms with van der Waals surface area (Å²) in [6.07, 6.45) is 0. The third kappa shape index (κ3) is 3.54. The monoisotopic (exact) mass is 568 g/mol. The Kier molecular flexibility index (Phi) is 5.54. The molecule has 3 rings (SSSR count). The minimum atomic E-state index is -0.0512. The summed E-state index contributed by atoms with van der Waals surface area (Å²) < 4.78 is 3.68. The van der Waals surface area contributed by atoms with Crippen molar-refractivity contribution >= 4 is 79.4 Å². The molecule has 0 unspecified atom stereocenters. The maximum atomic E-state index is 13.1. The number of fused-ring (bicyclic) bond motifs is 1. The zero-order valence-electron chi connectivity index (χ0n) is 12.0. The van der Waals surface area contributed by atoms with Crippen LogP contribution in [0.25, 0.3) is 16.6 Å². The Morgan fingerprint density at radius 1 is 1.22 bits per heavy atom. The van der Waals surface area contributed by atoms with Gasteiger partial charge in [-0.15, -0.1) is 0 Å². The van der Waals surface area contributed by atoms with Gasteiger partial charge in [0.25, 0.3) is 5.56 Å². The molecule has 0 saturated carbocycles. The first-order chi connectivity index (χ1) is 11.0. The molecular formula is C16H11ClI2N2OS. The second-order valence-electron chi connectivity index (χ2n) is 4.73. The summed E-state index contributed by atoms with van der Waals surface area (Å²) in [5.74, 6) is 0.840. The second kappa shape index (κ2) is 7.28. The van der Waals surface area contributed by atoms with Crippen molar-refractivity contribution in [3.63, 3.8) is 0 Å². The Bertz CT molecular complexity index is 941. The molecule has 0 aliphatic carbocycles. The van der Waals surface area contributed by atoms with E-state index in [1.54, 1.807) is 28.5 Å². The molecule has 7 heteroatoms. The fraction of sp³-hybridized carbons (Fsp3) is 0.125. The predicted octanol–water partition coefficient (Wildman–Crippen LogP) is 5.36. The second-order valence-corrected chi connectivity index (χ2v) is 8.80. The summed E-state index contributed by atoms with van der Waals surface area (Å²) in [5.41, 5.74) is 1.49. The Hall–Kier alpha value is -0.320. The molecule has 23 heavy (non-hydrogen) atoms. The Morgan fingerprint density at radius 2 is 1.91 bits per heavy atom. The van der Waals surface area contributed by atoms with Crippen LogP contribution >= 0.6 is 68.5 Å². The molecular weight excluding hydrogens is 558 g/mol. The van der Waals surface area contributed by atoms with Gasteiger partial charge < -0.3 is 0 Å². The van der Waals surface area contributed by atoms with Gasteiger partial charge in [-0.1, -0.05) is 30.3 Å². The highest BCUT2D eigenvalue weighted by molar-refractivity contribution is 14.1. The number of hydrogen-bond donors (Lipinski definition) is 0. The number of halogens is 3. The van der Waals surface area contributed by atoms with E-state index in [0.717, 1.165) is 24.1 Å². The molecule has 0 fully saturated rings. The van der Waals surface area contributed by atoms with Crippen molar-refractivity contribution in [3.05, 3.63) is 58.9 Å². The fourth-order valence-electron chi connectivity index (χ4n) is 2.24. The van der Waals surface area contributed by atoms with Crippen LogP contribution in [0.15, 0.2) is 46.3 Å². The van der Waals surface area contributed by atoms with E-state index in [4.69, 9.17) is 16.6 Å². The maximum Gasteiger partial charge on any atom is 0.266 e. The molecule has 3 aromatic rings. The van der Waals surface area contributed by atoms with Crippen molar-refractivity contribution in [2.24, 2.45) is 0 Å². The first-order valence-corrected chi connectivity index (χ1v) is 10.3. The van der Waals surface area contributed by atoms with Gasteiger partial charge in [0.2, 0.25) is 0 Å². The van der Waals surface area contributed by atoms with Gasteiger partial charge in [-0.25, -0.2) is 4.98 Å². The first kappa shape index (κ1) is 17.5. The molecule has 0 spiro atoms. The summed E-state index contributed by atoms with van der Waals surface area (Å²) in [5, 5.41) is 1.98. The lowest BCUT2D eigenvalue weighted by Gasteiger charge is -2.13. The third-order valence-corrected chi connectivity index (χ3v) is 5.74. The normalized spacial score (nSPS) is 11.1. The molecule has 0 bridgehead atoms. The smallest absolute Gasteiger partial charge is 0.266 e. The van der Waals surface area contributed by atoms with Gasteiger partial charge in [-0.3, -0.25) is 9.36 Å². The third-order valence-electron chi connectivity index (χ3n) is 3.22. The van der Waals surface area contributed by atoms with E-state index in [2.05, 4.69) is 45.2 Å². The number of thioether (sulfide) groups is 1. The highest BCUT2D eigenvalue weighted by Crippen LogP contribution is 2.25. The van der Waals surface area contributed by atoms with Crippen molar-refractivity contribution in [2.75, 3.05) is 5.75 Å². The van der Waals surface area contributed by atoms with Crippen molar-refractivity contribution < 1.29 is 0 Å². The van der Waals surface area contributed by atoms with Crippen LogP contribution in [0, 0.1) is 7.14 Å². The molecule has 1 heterocycles. The largest absolute Gasteiger partial charge is 0.268 e. The van der Waals surface area contributed by atoms with Crippen molar-refractivity contribution in [3.8, 4) is 5.69 Å². The van der Waals surface area contributed by atoms with Gasteiger partial charge in [0.05, 0.1) is 16.6 Å². The molecule has 3 nitrogen and oxygen atoms in total. The van der Waals surface area contributed by atoms with Crippen LogP contribution in [-0.4, -0.2) is 15.3 Å². The van der Waals surface area contributed by atoms with Gasteiger partial charge in [0, 0.05) is 12.2 Å². The van der Waals surface area contributed by atoms with Crippen LogP contribution in [-0.2, 0) is 0 Å². The Balaban J connectivity index is 2.39. The summed E-state index contributed by atoms with van der Waals surface area (Å²) in [6, 6.07) is 11.2. The van der Waals surface area contributed by atoms with Gasteiger partial charge in [-0.05, 0) is 87.3 Å². The van der Waals surface area contributed by atoms with Crippen LogP contribution in [0.3, 0.4) is 0 Å². The molecule has 0 amide bonds. The quantitative estimate of drug-likeness (QED) is 0.243. The van der Waals surface area contributed by atoms with Crippen LogP contribution in [0.5, 0.6) is 0 Å². The van der Waals surface area contributed by atoms with Crippen molar-refractivity contribution in [1.29, 1.82) is 0 Å². The van der Waals surface area contributed by atoms with E-state index in [1.807, 2.05) is 31.2 Å². The average molecular weight is 569 g/mol. The molecule has 0 aliphatic heterocycles. The predicted molar refractivity (Wildman–Crippen MR) is 114 cm³/mol. The Morgan fingerprint density at radius 3 is 2.57 bits per heavy atom. The topological polar surface area (TPSA) is 34.9 Å². The van der Waals surface area contributed by atoms with E-state index >= 15 is 0 Å². The van der Waals surface area contributed by atoms with Crippen LogP contribution < -0.4 is 5.56 Å². The fourth-order valence-corrected chi connectivity index (χ4v) is 5.06. The molecule has 0 aliphatic rings. The minimum absolute atomic E-state index is 0.0512. The maximum absolute atomic E-state index is 13.1. The van der Waals surface area contributed by atoms with E-state index < -0.39 is 0 Å². The highest BCUT2D eigenvalue weighted by Gasteiger charge is 2.15. The molecule has 2 aromatic carbocycles. The Labute approximate surface area is 170 Å². The summed E-state index contributed by atoms with van der Waals surface area (Å²) in [6.45, 7) is 2.05. The molecule has 0 N–H and O–H groups in total. The first-order valence-electron chi connectivity index (χ1n) is 6.82. The summed E-state index contributed by atoms with van der Waals surface area (Å²) in [4.78, 5) is 17.8. The summed E-state index contributed by atoms with van der Waals surface area (Å²) in [7, 11) is 0. The zero-order chi connectivity index (χ0) is 16.6. The SMILES string of the molecule is CCSc1nc2c(I)cc(I)cc2c(=O)n1-c1ccc(Cl)cc1. The number of benzene rings is 2. The minimum Gasteiger partial charge on any atom is -0.268 e. The number of nitrogens with zero attached hydrogens (tertiary/aromatic N) is 2. The van der Waals surface area contributed by atoms with Crippen LogP contribution in [0.2, 0.25) is 5.02 Å². The summed E-state index contributed by atoms with van der Waals surface area (Å²) >= 11 is 12.0. The lowest BCUT2D eigenvalue weighted by Crippen LogP contribution is -2.22. The van der Waals surface area contributed by atoms with Crippen molar-refractivity contribution in [2.45, 2.75) is 12.1 Å². The van der Waals surface area contributed by atoms with E-state index in [-0.39, 0.29) is 5.56 Å². The molecule has 0 radical (unpaired) electrons. The highest BCUT2D eigenvalue weighted by atomic mass is 127. The van der Waals surface area contributed by atoms with Crippen molar-refractivity contribution in [1.82, 2.24) is 9.55 Å². The lowest BCUT2D eigenvalue weighted by molar-refractivity contribution is 0.819. The van der Waals surface area contributed by atoms with Gasteiger partial charge in [-0.2, -0.15) is 0 Å². The average Bonchev–Trinajstić information content (AvgIpc) is 2.50. The molecule has 0 atom stereocenters. The van der Waals surface area contributed by atoms with Gasteiger partial charge in [0.15, 0.2) is 5.16 Å². The zero-order valence-corrected chi connectivity index (χ0v) is 17.9. The van der Waals surface area contributed by atoms with Crippen LogP contribution in [0.1, 0.15) is 6.92 Å². The number of aromatic nitrogens is 2. The number of rotatable bonds is 3. The standard InChI is InChI=1S/C16H11ClI2N2OS/c1-2-23-16-20-14-12(7-10(18)8-13(14)19)15(22)21(16)11-5-3-9(17)4-6-11/h3-8H,2H2,1H3. The molecule has 118 valence electrons.